The normalized spacial score (nSPS) is 16.5. The predicted molar refractivity (Wildman–Crippen MR) is 108 cm³/mol. The molecule has 0 saturated carbocycles. The second-order valence-electron chi connectivity index (χ2n) is 7.24. The number of amides is 1. The molecule has 1 N–H and O–H groups in total. The smallest absolute Gasteiger partial charge is 0.293 e. The first-order valence-corrected chi connectivity index (χ1v) is 9.31. The lowest BCUT2D eigenvalue weighted by Crippen LogP contribution is -2.34. The van der Waals surface area contributed by atoms with Crippen LogP contribution in [0.1, 0.15) is 47.4 Å². The molecule has 1 atom stereocenters. The number of nitrogens with one attached hydrogen (secondary N) is 1. The van der Waals surface area contributed by atoms with Crippen LogP contribution in [0.5, 0.6) is 0 Å². The second kappa shape index (κ2) is 8.21. The van der Waals surface area contributed by atoms with Crippen LogP contribution >= 0.6 is 0 Å². The zero-order chi connectivity index (χ0) is 20.3. The number of nitro groups is 1. The van der Waals surface area contributed by atoms with E-state index in [9.17, 15) is 19.7 Å². The lowest BCUT2D eigenvalue weighted by atomic mass is 9.99. The van der Waals surface area contributed by atoms with E-state index in [0.29, 0.717) is 22.9 Å². The summed E-state index contributed by atoms with van der Waals surface area (Å²) in [6, 6.07) is 11.1. The first kappa shape index (κ1) is 19.5. The first-order chi connectivity index (χ1) is 13.3. The number of Topliss-reactive ketones (excluding diaryl/α,β-unsaturated/α-hetero) is 1. The van der Waals surface area contributed by atoms with Crippen LogP contribution in [0.4, 0.5) is 17.1 Å². The average molecular weight is 381 g/mol. The molecule has 1 saturated heterocycles. The second-order valence-corrected chi connectivity index (χ2v) is 7.24. The van der Waals surface area contributed by atoms with Gasteiger partial charge in [0.15, 0.2) is 5.78 Å². The first-order valence-electron chi connectivity index (χ1n) is 9.31. The van der Waals surface area contributed by atoms with Crippen molar-refractivity contribution in [3.63, 3.8) is 0 Å². The van der Waals surface area contributed by atoms with Crippen LogP contribution in [-0.2, 0) is 0 Å². The molecule has 146 valence electrons. The molecule has 0 radical (unpaired) electrons. The standard InChI is InChI=1S/C21H23N3O4/c1-14-4-3-11-23(13-14)19-10-7-17(12-20(19)24(27)28)21(26)22-18-8-5-16(6-9-18)15(2)25/h5-10,12,14H,3-4,11,13H2,1-2H3,(H,22,26)/t14-/m1/s1. The van der Waals surface area contributed by atoms with Gasteiger partial charge in [0.1, 0.15) is 5.69 Å². The molecule has 7 heteroatoms. The minimum Gasteiger partial charge on any atom is -0.366 e. The Balaban J connectivity index is 1.81. The SMILES string of the molecule is CC(=O)c1ccc(NC(=O)c2ccc(N3CCC[C@@H](C)C3)c([N+](=O)[O-])c2)cc1. The molecular weight excluding hydrogens is 358 g/mol. The van der Waals surface area contributed by atoms with Gasteiger partial charge in [0.05, 0.1) is 4.92 Å². The molecule has 2 aromatic rings. The Morgan fingerprint density at radius 1 is 1.14 bits per heavy atom. The molecule has 3 rings (SSSR count). The highest BCUT2D eigenvalue weighted by atomic mass is 16.6. The van der Waals surface area contributed by atoms with Gasteiger partial charge >= 0.3 is 0 Å². The number of anilines is 2. The van der Waals surface area contributed by atoms with E-state index in [0.717, 1.165) is 25.9 Å². The van der Waals surface area contributed by atoms with Crippen LogP contribution in [0.3, 0.4) is 0 Å². The summed E-state index contributed by atoms with van der Waals surface area (Å²) in [5, 5.41) is 14.3. The van der Waals surface area contributed by atoms with Gasteiger partial charge in [-0.2, -0.15) is 0 Å². The summed E-state index contributed by atoms with van der Waals surface area (Å²) in [6.45, 7) is 5.16. The van der Waals surface area contributed by atoms with Gasteiger partial charge in [-0.15, -0.1) is 0 Å². The lowest BCUT2D eigenvalue weighted by molar-refractivity contribution is -0.384. The highest BCUT2D eigenvalue weighted by molar-refractivity contribution is 6.05. The van der Waals surface area contributed by atoms with Crippen molar-refractivity contribution in [2.24, 2.45) is 5.92 Å². The Hall–Kier alpha value is -3.22. The zero-order valence-corrected chi connectivity index (χ0v) is 16.0. The molecule has 2 aromatic carbocycles. The molecule has 0 unspecified atom stereocenters. The molecule has 1 aliphatic heterocycles. The number of nitrogens with zero attached hydrogens (tertiary/aromatic N) is 2. The van der Waals surface area contributed by atoms with E-state index < -0.39 is 10.8 Å². The molecular formula is C21H23N3O4. The van der Waals surface area contributed by atoms with E-state index in [1.165, 1.54) is 13.0 Å². The van der Waals surface area contributed by atoms with Crippen molar-refractivity contribution in [3.8, 4) is 0 Å². The maximum Gasteiger partial charge on any atom is 0.293 e. The average Bonchev–Trinajstić information content (AvgIpc) is 2.67. The summed E-state index contributed by atoms with van der Waals surface area (Å²) in [4.78, 5) is 37.0. The van der Waals surface area contributed by atoms with Gasteiger partial charge in [-0.3, -0.25) is 19.7 Å². The molecule has 28 heavy (non-hydrogen) atoms. The summed E-state index contributed by atoms with van der Waals surface area (Å²) in [5.74, 6) is -0.0114. The number of rotatable bonds is 5. The van der Waals surface area contributed by atoms with Gasteiger partial charge < -0.3 is 10.2 Å². The highest BCUT2D eigenvalue weighted by Gasteiger charge is 2.25. The molecule has 1 heterocycles. The lowest BCUT2D eigenvalue weighted by Gasteiger charge is -2.32. The van der Waals surface area contributed by atoms with Crippen LogP contribution in [-0.4, -0.2) is 29.7 Å². The van der Waals surface area contributed by atoms with Gasteiger partial charge in [-0.05, 0) is 62.1 Å². The summed E-state index contributed by atoms with van der Waals surface area (Å²) in [6.07, 6.45) is 2.12. The van der Waals surface area contributed by atoms with Crippen molar-refractivity contribution in [3.05, 3.63) is 63.7 Å². The number of ketones is 1. The highest BCUT2D eigenvalue weighted by Crippen LogP contribution is 2.32. The van der Waals surface area contributed by atoms with Crippen LogP contribution in [0.15, 0.2) is 42.5 Å². The van der Waals surface area contributed by atoms with E-state index in [2.05, 4.69) is 12.2 Å². The van der Waals surface area contributed by atoms with E-state index in [1.807, 2.05) is 4.90 Å². The van der Waals surface area contributed by atoms with Gasteiger partial charge in [0.25, 0.3) is 11.6 Å². The Morgan fingerprint density at radius 2 is 1.82 bits per heavy atom. The number of piperidine rings is 1. The van der Waals surface area contributed by atoms with Crippen LogP contribution in [0, 0.1) is 16.0 Å². The fourth-order valence-corrected chi connectivity index (χ4v) is 3.48. The molecule has 7 nitrogen and oxygen atoms in total. The van der Waals surface area contributed by atoms with E-state index >= 15 is 0 Å². The summed E-state index contributed by atoms with van der Waals surface area (Å²) < 4.78 is 0. The summed E-state index contributed by atoms with van der Waals surface area (Å²) >= 11 is 0. The van der Waals surface area contributed by atoms with E-state index in [4.69, 9.17) is 0 Å². The number of carbonyl (C=O) groups excluding carboxylic acids is 2. The molecule has 0 spiro atoms. The number of carbonyl (C=O) groups is 2. The van der Waals surface area contributed by atoms with Gasteiger partial charge in [-0.25, -0.2) is 0 Å². The monoisotopic (exact) mass is 381 g/mol. The number of hydrogen-bond donors (Lipinski definition) is 1. The van der Waals surface area contributed by atoms with Crippen molar-refractivity contribution in [1.82, 2.24) is 0 Å². The Labute approximate surface area is 163 Å². The van der Waals surface area contributed by atoms with Crippen LogP contribution in [0.2, 0.25) is 0 Å². The molecule has 1 amide bonds. The number of hydrogen-bond acceptors (Lipinski definition) is 5. The van der Waals surface area contributed by atoms with Crippen molar-refractivity contribution >= 4 is 28.8 Å². The number of nitro benzene ring substituents is 1. The molecule has 0 aromatic heterocycles. The third-order valence-electron chi connectivity index (χ3n) is 4.98. The minimum atomic E-state index is -0.437. The quantitative estimate of drug-likeness (QED) is 0.474. The fourth-order valence-electron chi connectivity index (χ4n) is 3.48. The van der Waals surface area contributed by atoms with Crippen LogP contribution in [0.25, 0.3) is 0 Å². The minimum absolute atomic E-state index is 0.0591. The van der Waals surface area contributed by atoms with Crippen molar-refractivity contribution in [2.75, 3.05) is 23.3 Å². The zero-order valence-electron chi connectivity index (χ0n) is 16.0. The van der Waals surface area contributed by atoms with Crippen LogP contribution < -0.4 is 10.2 Å². The van der Waals surface area contributed by atoms with Gasteiger partial charge in [-0.1, -0.05) is 6.92 Å². The third kappa shape index (κ3) is 4.36. The molecule has 0 aliphatic carbocycles. The summed E-state index contributed by atoms with van der Waals surface area (Å²) in [7, 11) is 0. The topological polar surface area (TPSA) is 92.6 Å². The number of benzene rings is 2. The molecule has 1 aliphatic rings. The fraction of sp³-hybridized carbons (Fsp3) is 0.333. The maximum atomic E-state index is 12.5. The van der Waals surface area contributed by atoms with E-state index in [1.54, 1.807) is 36.4 Å². The Bertz CT molecular complexity index is 908. The van der Waals surface area contributed by atoms with Crippen molar-refractivity contribution in [1.29, 1.82) is 0 Å². The van der Waals surface area contributed by atoms with Crippen molar-refractivity contribution < 1.29 is 14.5 Å². The van der Waals surface area contributed by atoms with Gasteiger partial charge in [0, 0.05) is 36.0 Å². The summed E-state index contributed by atoms with van der Waals surface area (Å²) in [5.41, 5.74) is 1.78. The maximum absolute atomic E-state index is 12.5. The van der Waals surface area contributed by atoms with Gasteiger partial charge in [0.2, 0.25) is 0 Å². The van der Waals surface area contributed by atoms with Crippen molar-refractivity contribution in [2.45, 2.75) is 26.7 Å². The largest absolute Gasteiger partial charge is 0.366 e. The van der Waals surface area contributed by atoms with E-state index in [-0.39, 0.29) is 17.0 Å². The Kier molecular flexibility index (Phi) is 5.73. The Morgan fingerprint density at radius 3 is 2.43 bits per heavy atom. The molecule has 1 fully saturated rings. The molecule has 0 bridgehead atoms. The predicted octanol–water partition coefficient (Wildman–Crippen LogP) is 4.29. The third-order valence-corrected chi connectivity index (χ3v) is 4.98.